The Morgan fingerprint density at radius 2 is 1.90 bits per heavy atom. The van der Waals surface area contributed by atoms with E-state index in [9.17, 15) is 9.90 Å². The summed E-state index contributed by atoms with van der Waals surface area (Å²) in [4.78, 5) is 12.1. The Hall–Kier alpha value is -1.35. The summed E-state index contributed by atoms with van der Waals surface area (Å²) >= 11 is 0. The summed E-state index contributed by atoms with van der Waals surface area (Å²) in [6.07, 6.45) is 3.87. The van der Waals surface area contributed by atoms with Gasteiger partial charge >= 0.3 is 0 Å². The number of carbonyl (C=O) groups excluding carboxylic acids is 1. The molecule has 1 amide bonds. The first kappa shape index (κ1) is 15.0. The largest absolute Gasteiger partial charge is 0.393 e. The molecule has 2 rings (SSSR count). The van der Waals surface area contributed by atoms with Crippen LogP contribution in [0.3, 0.4) is 0 Å². The number of carbonyl (C=O) groups is 1. The zero-order chi connectivity index (χ0) is 14.5. The van der Waals surface area contributed by atoms with Crippen LogP contribution in [0, 0.1) is 5.92 Å². The van der Waals surface area contributed by atoms with Gasteiger partial charge < -0.3 is 10.4 Å². The lowest BCUT2D eigenvalue weighted by atomic mass is 9.86. The molecule has 2 N–H and O–H groups in total. The fraction of sp³-hybridized carbons (Fsp3) is 0.588. The molecule has 1 aliphatic carbocycles. The van der Waals surface area contributed by atoms with Gasteiger partial charge in [0.2, 0.25) is 0 Å². The van der Waals surface area contributed by atoms with Crippen molar-refractivity contribution in [3.63, 3.8) is 0 Å². The minimum Gasteiger partial charge on any atom is -0.393 e. The summed E-state index contributed by atoms with van der Waals surface area (Å²) in [6, 6.07) is 7.77. The zero-order valence-electron chi connectivity index (χ0n) is 12.4. The van der Waals surface area contributed by atoms with Gasteiger partial charge in [-0.15, -0.1) is 0 Å². The van der Waals surface area contributed by atoms with Gasteiger partial charge in [-0.05, 0) is 36.5 Å². The molecule has 1 fully saturated rings. The molecule has 2 unspecified atom stereocenters. The molecule has 0 bridgehead atoms. The third kappa shape index (κ3) is 3.83. The van der Waals surface area contributed by atoms with Crippen molar-refractivity contribution >= 4 is 5.91 Å². The minimum atomic E-state index is -0.257. The van der Waals surface area contributed by atoms with Gasteiger partial charge in [-0.25, -0.2) is 0 Å². The number of hydrogen-bond acceptors (Lipinski definition) is 2. The van der Waals surface area contributed by atoms with E-state index in [4.69, 9.17) is 0 Å². The van der Waals surface area contributed by atoms with Gasteiger partial charge in [0.15, 0.2) is 0 Å². The molecule has 0 radical (unpaired) electrons. The molecule has 3 nitrogen and oxygen atoms in total. The first-order valence-corrected chi connectivity index (χ1v) is 7.64. The first-order valence-electron chi connectivity index (χ1n) is 7.64. The Bertz CT molecular complexity index is 439. The average Bonchev–Trinajstić information content (AvgIpc) is 2.46. The van der Waals surface area contributed by atoms with Gasteiger partial charge in [-0.3, -0.25) is 4.79 Å². The Kier molecular flexibility index (Phi) is 5.18. The van der Waals surface area contributed by atoms with Gasteiger partial charge in [-0.2, -0.15) is 0 Å². The smallest absolute Gasteiger partial charge is 0.251 e. The minimum absolute atomic E-state index is 0.0434. The van der Waals surface area contributed by atoms with Crippen LogP contribution >= 0.6 is 0 Å². The number of nitrogens with one attached hydrogen (secondary N) is 1. The third-order valence-electron chi connectivity index (χ3n) is 4.23. The molecule has 1 aromatic carbocycles. The zero-order valence-corrected chi connectivity index (χ0v) is 12.4. The molecule has 0 heterocycles. The van der Waals surface area contributed by atoms with Crippen LogP contribution in [0.2, 0.25) is 0 Å². The molecular formula is C17H25NO2. The van der Waals surface area contributed by atoms with Crippen molar-refractivity contribution in [1.29, 1.82) is 0 Å². The van der Waals surface area contributed by atoms with Crippen molar-refractivity contribution < 1.29 is 9.90 Å². The predicted molar refractivity (Wildman–Crippen MR) is 80.8 cm³/mol. The van der Waals surface area contributed by atoms with Crippen LogP contribution in [0.15, 0.2) is 24.3 Å². The molecule has 20 heavy (non-hydrogen) atoms. The van der Waals surface area contributed by atoms with Gasteiger partial charge in [0.1, 0.15) is 0 Å². The Balaban J connectivity index is 1.88. The second kappa shape index (κ2) is 6.89. The number of amides is 1. The Morgan fingerprint density at radius 1 is 1.25 bits per heavy atom. The van der Waals surface area contributed by atoms with Crippen LogP contribution in [0.1, 0.15) is 61.4 Å². The lowest BCUT2D eigenvalue weighted by molar-refractivity contribution is 0.0663. The fourth-order valence-corrected chi connectivity index (χ4v) is 2.77. The number of aliphatic hydroxyl groups excluding tert-OH is 1. The van der Waals surface area contributed by atoms with Crippen molar-refractivity contribution in [2.75, 3.05) is 6.54 Å². The highest BCUT2D eigenvalue weighted by Crippen LogP contribution is 2.23. The van der Waals surface area contributed by atoms with Crippen LogP contribution in [0.5, 0.6) is 0 Å². The van der Waals surface area contributed by atoms with E-state index in [2.05, 4.69) is 19.2 Å². The molecule has 0 saturated heterocycles. The van der Waals surface area contributed by atoms with Crippen LogP contribution < -0.4 is 5.32 Å². The molecule has 2 atom stereocenters. The molecule has 0 spiro atoms. The quantitative estimate of drug-likeness (QED) is 0.887. The van der Waals surface area contributed by atoms with Crippen molar-refractivity contribution in [3.8, 4) is 0 Å². The van der Waals surface area contributed by atoms with E-state index < -0.39 is 0 Å². The maximum Gasteiger partial charge on any atom is 0.251 e. The van der Waals surface area contributed by atoms with Gasteiger partial charge in [0.25, 0.3) is 5.91 Å². The second-order valence-corrected chi connectivity index (χ2v) is 6.10. The number of rotatable bonds is 4. The molecule has 1 saturated carbocycles. The van der Waals surface area contributed by atoms with E-state index in [-0.39, 0.29) is 17.9 Å². The van der Waals surface area contributed by atoms with Crippen LogP contribution in [-0.2, 0) is 0 Å². The summed E-state index contributed by atoms with van der Waals surface area (Å²) in [5.41, 5.74) is 1.93. The van der Waals surface area contributed by atoms with E-state index >= 15 is 0 Å². The van der Waals surface area contributed by atoms with E-state index in [1.165, 1.54) is 5.56 Å². The summed E-state index contributed by atoms with van der Waals surface area (Å²) in [5.74, 6) is 0.644. The summed E-state index contributed by atoms with van der Waals surface area (Å²) < 4.78 is 0. The molecule has 1 aromatic rings. The van der Waals surface area contributed by atoms with Crippen molar-refractivity contribution in [3.05, 3.63) is 35.4 Å². The highest BCUT2D eigenvalue weighted by atomic mass is 16.3. The van der Waals surface area contributed by atoms with Crippen molar-refractivity contribution in [2.45, 2.75) is 51.6 Å². The van der Waals surface area contributed by atoms with E-state index in [0.29, 0.717) is 18.0 Å². The van der Waals surface area contributed by atoms with Crippen LogP contribution in [0.4, 0.5) is 0 Å². The van der Waals surface area contributed by atoms with Gasteiger partial charge in [-0.1, -0.05) is 38.8 Å². The first-order chi connectivity index (χ1) is 9.58. The van der Waals surface area contributed by atoms with Gasteiger partial charge in [0, 0.05) is 18.0 Å². The van der Waals surface area contributed by atoms with Crippen LogP contribution in [0.25, 0.3) is 0 Å². The molecule has 0 aliphatic heterocycles. The topological polar surface area (TPSA) is 49.3 Å². The van der Waals surface area contributed by atoms with E-state index in [0.717, 1.165) is 25.7 Å². The Labute approximate surface area is 121 Å². The van der Waals surface area contributed by atoms with Crippen molar-refractivity contribution in [2.24, 2.45) is 5.92 Å². The fourth-order valence-electron chi connectivity index (χ4n) is 2.77. The van der Waals surface area contributed by atoms with Crippen LogP contribution in [-0.4, -0.2) is 23.7 Å². The highest BCUT2D eigenvalue weighted by molar-refractivity contribution is 5.94. The predicted octanol–water partition coefficient (Wildman–Crippen LogP) is 3.09. The average molecular weight is 275 g/mol. The SMILES string of the molecule is CC(C)c1ccc(C(=O)NCC2CCCCC2O)cc1. The normalized spacial score (nSPS) is 22.8. The molecular weight excluding hydrogens is 250 g/mol. The standard InChI is InChI=1S/C17H25NO2/c1-12(2)13-7-9-14(10-8-13)17(20)18-11-15-5-3-4-6-16(15)19/h7-10,12,15-16,19H,3-6,11H2,1-2H3,(H,18,20). The molecule has 0 aromatic heterocycles. The molecule has 3 heteroatoms. The molecule has 1 aliphatic rings. The molecule has 110 valence electrons. The maximum absolute atomic E-state index is 12.1. The lowest BCUT2D eigenvalue weighted by Gasteiger charge is -2.27. The van der Waals surface area contributed by atoms with Gasteiger partial charge in [0.05, 0.1) is 6.10 Å². The third-order valence-corrected chi connectivity index (χ3v) is 4.23. The number of hydrogen-bond donors (Lipinski definition) is 2. The summed E-state index contributed by atoms with van der Waals surface area (Å²) in [5, 5.41) is 12.8. The maximum atomic E-state index is 12.1. The lowest BCUT2D eigenvalue weighted by Crippen LogP contribution is -2.36. The number of benzene rings is 1. The monoisotopic (exact) mass is 275 g/mol. The number of aliphatic hydroxyl groups is 1. The van der Waals surface area contributed by atoms with E-state index in [1.54, 1.807) is 0 Å². The Morgan fingerprint density at radius 3 is 2.50 bits per heavy atom. The van der Waals surface area contributed by atoms with E-state index in [1.807, 2.05) is 24.3 Å². The summed E-state index contributed by atoms with van der Waals surface area (Å²) in [7, 11) is 0. The highest BCUT2D eigenvalue weighted by Gasteiger charge is 2.23. The summed E-state index contributed by atoms with van der Waals surface area (Å²) in [6.45, 7) is 4.85. The second-order valence-electron chi connectivity index (χ2n) is 6.10. The van der Waals surface area contributed by atoms with Crippen molar-refractivity contribution in [1.82, 2.24) is 5.32 Å².